The average molecular weight is 304 g/mol. The minimum absolute atomic E-state index is 0.347. The van der Waals surface area contributed by atoms with Crippen LogP contribution in [0.3, 0.4) is 0 Å². The fraction of sp³-hybridized carbons (Fsp3) is 0.643. The maximum absolute atomic E-state index is 12.0. The van der Waals surface area contributed by atoms with Crippen LogP contribution in [0.15, 0.2) is 18.3 Å². The van der Waals surface area contributed by atoms with Gasteiger partial charge in [0.2, 0.25) is 0 Å². The summed E-state index contributed by atoms with van der Waals surface area (Å²) in [7, 11) is 0. The van der Waals surface area contributed by atoms with Gasteiger partial charge in [0.25, 0.3) is 0 Å². The molecule has 1 aliphatic rings. The Morgan fingerprint density at radius 3 is 2.38 bits per heavy atom. The van der Waals surface area contributed by atoms with Gasteiger partial charge >= 0.3 is 6.36 Å². The number of nitrogens with zero attached hydrogens (tertiary/aromatic N) is 1. The number of rotatable bonds is 4. The Kier molecular flexibility index (Phi) is 4.92. The van der Waals surface area contributed by atoms with E-state index >= 15 is 0 Å². The Hall–Kier alpha value is -1.50. The monoisotopic (exact) mass is 304 g/mol. The van der Waals surface area contributed by atoms with Gasteiger partial charge in [0.1, 0.15) is 11.6 Å². The quantitative estimate of drug-likeness (QED) is 0.836. The van der Waals surface area contributed by atoms with Crippen molar-refractivity contribution in [1.82, 2.24) is 4.98 Å². The van der Waals surface area contributed by atoms with Crippen LogP contribution < -0.4 is 10.1 Å². The van der Waals surface area contributed by atoms with Gasteiger partial charge in [-0.25, -0.2) is 4.98 Å². The average Bonchev–Trinajstić information content (AvgIpc) is 2.62. The number of anilines is 1. The van der Waals surface area contributed by atoms with Crippen LogP contribution >= 0.6 is 0 Å². The van der Waals surface area contributed by atoms with E-state index in [0.29, 0.717) is 12.4 Å². The molecule has 2 N–H and O–H groups in total. The third kappa shape index (κ3) is 5.41. The first-order valence-electron chi connectivity index (χ1n) is 7.04. The lowest BCUT2D eigenvalue weighted by molar-refractivity contribution is -0.274. The summed E-state index contributed by atoms with van der Waals surface area (Å²) in [6.07, 6.45) is 1.99. The first-order valence-corrected chi connectivity index (χ1v) is 7.04. The van der Waals surface area contributed by atoms with Crippen LogP contribution in [0.5, 0.6) is 5.75 Å². The van der Waals surface area contributed by atoms with E-state index < -0.39 is 12.0 Å². The molecule has 1 fully saturated rings. The zero-order chi connectivity index (χ0) is 15.3. The highest BCUT2D eigenvalue weighted by Gasteiger charge is 2.31. The number of hydrogen-bond acceptors (Lipinski definition) is 4. The molecule has 0 amide bonds. The minimum atomic E-state index is -4.72. The molecule has 4 nitrogen and oxygen atoms in total. The largest absolute Gasteiger partial charge is 0.573 e. The molecule has 0 bridgehead atoms. The van der Waals surface area contributed by atoms with Crippen molar-refractivity contribution >= 4 is 5.82 Å². The number of hydrogen-bond donors (Lipinski definition) is 2. The van der Waals surface area contributed by atoms with E-state index in [1.165, 1.54) is 12.1 Å². The molecule has 0 spiro atoms. The van der Waals surface area contributed by atoms with Crippen LogP contribution in [-0.2, 0) is 0 Å². The standard InChI is InChI=1S/C14H19F3N2O2/c15-14(16,17)21-11-5-6-12(18-9-11)19-10-13(20)7-3-1-2-4-8-13/h5-6,9,20H,1-4,7-8,10H2,(H,18,19). The van der Waals surface area contributed by atoms with Crippen molar-refractivity contribution in [2.75, 3.05) is 11.9 Å². The number of ether oxygens (including phenoxy) is 1. The normalized spacial score (nSPS) is 18.9. The molecule has 0 aliphatic heterocycles. The summed E-state index contributed by atoms with van der Waals surface area (Å²) in [6.45, 7) is 0.347. The SMILES string of the molecule is OC1(CNc2ccc(OC(F)(F)F)cn2)CCCCCC1. The van der Waals surface area contributed by atoms with Crippen LogP contribution in [0.4, 0.5) is 19.0 Å². The number of halogens is 3. The lowest BCUT2D eigenvalue weighted by Gasteiger charge is -2.27. The van der Waals surface area contributed by atoms with Crippen molar-refractivity contribution in [3.05, 3.63) is 18.3 Å². The molecule has 0 radical (unpaired) electrons. The van der Waals surface area contributed by atoms with Gasteiger partial charge in [-0.05, 0) is 25.0 Å². The summed E-state index contributed by atoms with van der Waals surface area (Å²) in [6, 6.07) is 2.60. The summed E-state index contributed by atoms with van der Waals surface area (Å²) < 4.78 is 39.8. The zero-order valence-electron chi connectivity index (χ0n) is 11.6. The molecule has 1 saturated carbocycles. The molecule has 0 atom stereocenters. The highest BCUT2D eigenvalue weighted by Crippen LogP contribution is 2.27. The first kappa shape index (κ1) is 15.9. The van der Waals surface area contributed by atoms with Crippen molar-refractivity contribution in [3.8, 4) is 5.75 Å². The van der Waals surface area contributed by atoms with Crippen molar-refractivity contribution in [2.45, 2.75) is 50.5 Å². The molecule has 118 valence electrons. The second-order valence-electron chi connectivity index (χ2n) is 5.42. The number of aliphatic hydroxyl groups is 1. The lowest BCUT2D eigenvalue weighted by atomic mass is 9.94. The third-order valence-corrected chi connectivity index (χ3v) is 3.60. The van der Waals surface area contributed by atoms with Crippen LogP contribution in [0, 0.1) is 0 Å². The summed E-state index contributed by atoms with van der Waals surface area (Å²) in [5.74, 6) is 0.0587. The minimum Gasteiger partial charge on any atom is -0.404 e. The van der Waals surface area contributed by atoms with Crippen molar-refractivity contribution in [2.24, 2.45) is 0 Å². The van der Waals surface area contributed by atoms with Gasteiger partial charge in [0.05, 0.1) is 11.8 Å². The zero-order valence-corrected chi connectivity index (χ0v) is 11.6. The van der Waals surface area contributed by atoms with E-state index in [9.17, 15) is 18.3 Å². The predicted octanol–water partition coefficient (Wildman–Crippen LogP) is 3.48. The number of pyridine rings is 1. The van der Waals surface area contributed by atoms with E-state index in [0.717, 1.165) is 44.7 Å². The van der Waals surface area contributed by atoms with Crippen molar-refractivity contribution in [3.63, 3.8) is 0 Å². The second kappa shape index (κ2) is 6.51. The van der Waals surface area contributed by atoms with E-state index in [-0.39, 0.29) is 5.75 Å². The Morgan fingerprint density at radius 1 is 1.19 bits per heavy atom. The Bertz CT molecular complexity index is 441. The molecule has 1 aromatic heterocycles. The van der Waals surface area contributed by atoms with E-state index in [2.05, 4.69) is 15.0 Å². The fourth-order valence-corrected chi connectivity index (χ4v) is 2.50. The molecule has 2 rings (SSSR count). The maximum atomic E-state index is 12.0. The van der Waals surface area contributed by atoms with Crippen molar-refractivity contribution in [1.29, 1.82) is 0 Å². The van der Waals surface area contributed by atoms with Gasteiger partial charge in [-0.3, -0.25) is 0 Å². The molecule has 1 aliphatic carbocycles. The number of aromatic nitrogens is 1. The van der Waals surface area contributed by atoms with Gasteiger partial charge in [-0.2, -0.15) is 0 Å². The highest BCUT2D eigenvalue weighted by atomic mass is 19.4. The van der Waals surface area contributed by atoms with Gasteiger partial charge in [-0.1, -0.05) is 25.7 Å². The highest BCUT2D eigenvalue weighted by molar-refractivity contribution is 5.37. The van der Waals surface area contributed by atoms with Crippen LogP contribution in [0.2, 0.25) is 0 Å². The molecule has 7 heteroatoms. The molecule has 1 aromatic rings. The molecule has 1 heterocycles. The van der Waals surface area contributed by atoms with Gasteiger partial charge < -0.3 is 15.2 Å². The van der Waals surface area contributed by atoms with Gasteiger partial charge in [-0.15, -0.1) is 13.2 Å². The smallest absolute Gasteiger partial charge is 0.404 e. The molecule has 0 aromatic carbocycles. The first-order chi connectivity index (χ1) is 9.86. The van der Waals surface area contributed by atoms with E-state index in [4.69, 9.17) is 0 Å². The summed E-state index contributed by atoms with van der Waals surface area (Å²) in [5, 5.41) is 13.4. The van der Waals surface area contributed by atoms with Crippen LogP contribution in [-0.4, -0.2) is 28.6 Å². The van der Waals surface area contributed by atoms with Crippen LogP contribution in [0.1, 0.15) is 38.5 Å². The molecular weight excluding hydrogens is 285 g/mol. The summed E-state index contributed by atoms with van der Waals surface area (Å²) in [4.78, 5) is 3.85. The Labute approximate surface area is 121 Å². The van der Waals surface area contributed by atoms with E-state index in [1.54, 1.807) is 0 Å². The molecule has 0 unspecified atom stereocenters. The molecule has 21 heavy (non-hydrogen) atoms. The third-order valence-electron chi connectivity index (χ3n) is 3.60. The van der Waals surface area contributed by atoms with Crippen molar-refractivity contribution < 1.29 is 23.0 Å². The fourth-order valence-electron chi connectivity index (χ4n) is 2.50. The Balaban J connectivity index is 1.88. The van der Waals surface area contributed by atoms with Gasteiger partial charge in [0, 0.05) is 6.54 Å². The summed E-state index contributed by atoms with van der Waals surface area (Å²) in [5.41, 5.74) is -0.765. The lowest BCUT2D eigenvalue weighted by Crippen LogP contribution is -2.36. The Morgan fingerprint density at radius 2 is 1.86 bits per heavy atom. The second-order valence-corrected chi connectivity index (χ2v) is 5.42. The van der Waals surface area contributed by atoms with Gasteiger partial charge in [0.15, 0.2) is 0 Å². The topological polar surface area (TPSA) is 54.4 Å². The number of nitrogens with one attached hydrogen (secondary N) is 1. The van der Waals surface area contributed by atoms with Crippen LogP contribution in [0.25, 0.3) is 0 Å². The number of alkyl halides is 3. The summed E-state index contributed by atoms with van der Waals surface area (Å²) >= 11 is 0. The van der Waals surface area contributed by atoms with E-state index in [1.807, 2.05) is 0 Å². The molecule has 0 saturated heterocycles. The predicted molar refractivity (Wildman–Crippen MR) is 72.1 cm³/mol. The molecular formula is C14H19F3N2O2. The maximum Gasteiger partial charge on any atom is 0.573 e.